The second-order valence-electron chi connectivity index (χ2n) is 4.79. The first-order valence-electron chi connectivity index (χ1n) is 6.18. The van der Waals surface area contributed by atoms with Crippen LogP contribution in [0.4, 0.5) is 0 Å². The van der Waals surface area contributed by atoms with Gasteiger partial charge in [-0.15, -0.1) is 0 Å². The van der Waals surface area contributed by atoms with Crippen LogP contribution in [0, 0.1) is 0 Å². The Balaban J connectivity index is 1.82. The number of benzene rings is 1. The second kappa shape index (κ2) is 4.75. The molecule has 1 unspecified atom stereocenters. The summed E-state index contributed by atoms with van der Waals surface area (Å²) in [5.41, 5.74) is 8.08. The van der Waals surface area contributed by atoms with Crippen molar-refractivity contribution in [1.82, 2.24) is 4.98 Å². The van der Waals surface area contributed by atoms with Gasteiger partial charge in [0.2, 0.25) is 0 Å². The van der Waals surface area contributed by atoms with E-state index in [1.165, 1.54) is 0 Å². The van der Waals surface area contributed by atoms with Gasteiger partial charge in [-0.1, -0.05) is 23.7 Å². The molecule has 18 heavy (non-hydrogen) atoms. The van der Waals surface area contributed by atoms with E-state index < -0.39 is 0 Å². The number of halogens is 1. The minimum absolute atomic E-state index is 0.224. The zero-order chi connectivity index (χ0) is 12.5. The van der Waals surface area contributed by atoms with Crippen LogP contribution in [0.5, 0.6) is 0 Å². The van der Waals surface area contributed by atoms with Gasteiger partial charge in [0.15, 0.2) is 5.89 Å². The third-order valence-electron chi connectivity index (χ3n) is 3.26. The lowest BCUT2D eigenvalue weighted by atomic mass is 9.98. The first-order chi connectivity index (χ1) is 8.70. The highest BCUT2D eigenvalue weighted by atomic mass is 35.5. The van der Waals surface area contributed by atoms with Crippen molar-refractivity contribution in [2.75, 3.05) is 0 Å². The molecule has 0 bridgehead atoms. The van der Waals surface area contributed by atoms with Crippen LogP contribution < -0.4 is 5.73 Å². The number of aromatic nitrogens is 1. The lowest BCUT2D eigenvalue weighted by molar-refractivity contribution is 0.433. The number of nitrogens with zero attached hydrogens (tertiary/aromatic N) is 1. The summed E-state index contributed by atoms with van der Waals surface area (Å²) < 4.78 is 5.79. The highest BCUT2D eigenvalue weighted by molar-refractivity contribution is 6.30. The fraction of sp³-hybridized carbons (Fsp3) is 0.357. The van der Waals surface area contributed by atoms with Gasteiger partial charge in [-0.05, 0) is 24.1 Å². The van der Waals surface area contributed by atoms with Gasteiger partial charge in [-0.3, -0.25) is 0 Å². The molecular formula is C14H15ClN2O. The predicted molar refractivity (Wildman–Crippen MR) is 70.8 cm³/mol. The molecule has 1 aromatic heterocycles. The third kappa shape index (κ3) is 2.42. The molecule has 3 nitrogen and oxygen atoms in total. The Bertz CT molecular complexity index is 565. The summed E-state index contributed by atoms with van der Waals surface area (Å²) in [6.45, 7) is 0. The molecule has 0 fully saturated rings. The van der Waals surface area contributed by atoms with Gasteiger partial charge in [-0.25, -0.2) is 4.98 Å². The summed E-state index contributed by atoms with van der Waals surface area (Å²) in [6.07, 6.45) is 3.40. The van der Waals surface area contributed by atoms with Crippen molar-refractivity contribution in [2.24, 2.45) is 5.73 Å². The average molecular weight is 263 g/mol. The minimum atomic E-state index is 0.224. The third-order valence-corrected chi connectivity index (χ3v) is 3.50. The molecule has 0 saturated heterocycles. The van der Waals surface area contributed by atoms with E-state index >= 15 is 0 Å². The van der Waals surface area contributed by atoms with Crippen molar-refractivity contribution in [3.63, 3.8) is 0 Å². The maximum atomic E-state index is 5.96. The van der Waals surface area contributed by atoms with Crippen LogP contribution in [0.15, 0.2) is 28.7 Å². The van der Waals surface area contributed by atoms with E-state index in [2.05, 4.69) is 4.98 Å². The molecule has 4 heteroatoms. The average Bonchev–Trinajstić information content (AvgIpc) is 2.70. The number of oxazole rings is 1. The zero-order valence-electron chi connectivity index (χ0n) is 10.0. The van der Waals surface area contributed by atoms with Gasteiger partial charge >= 0.3 is 0 Å². The van der Waals surface area contributed by atoms with Crippen LogP contribution in [0.3, 0.4) is 0 Å². The summed E-state index contributed by atoms with van der Waals surface area (Å²) in [5.74, 6) is 1.77. The maximum Gasteiger partial charge on any atom is 0.199 e. The number of fused-ring (bicyclic) bond motifs is 1. The summed E-state index contributed by atoms with van der Waals surface area (Å²) in [6, 6.07) is 8.00. The van der Waals surface area contributed by atoms with E-state index in [-0.39, 0.29) is 6.04 Å². The molecule has 0 amide bonds. The van der Waals surface area contributed by atoms with Gasteiger partial charge in [0.1, 0.15) is 5.76 Å². The minimum Gasteiger partial charge on any atom is -0.445 e. The molecule has 94 valence electrons. The Labute approximate surface area is 111 Å². The van der Waals surface area contributed by atoms with E-state index in [0.29, 0.717) is 6.42 Å². The molecule has 3 rings (SSSR count). The monoisotopic (exact) mass is 262 g/mol. The largest absolute Gasteiger partial charge is 0.445 e. The molecule has 1 heterocycles. The normalized spacial score (nSPS) is 18.7. The van der Waals surface area contributed by atoms with Crippen LogP contribution in [0.1, 0.15) is 29.3 Å². The molecule has 0 aliphatic heterocycles. The summed E-state index contributed by atoms with van der Waals surface area (Å²) >= 11 is 5.96. The Hall–Kier alpha value is -1.32. The van der Waals surface area contributed by atoms with Gasteiger partial charge in [0.25, 0.3) is 0 Å². The first-order valence-corrected chi connectivity index (χ1v) is 6.56. The highest BCUT2D eigenvalue weighted by Crippen LogP contribution is 2.23. The van der Waals surface area contributed by atoms with Crippen LogP contribution >= 0.6 is 11.6 Å². The molecular weight excluding hydrogens is 248 g/mol. The molecule has 0 saturated carbocycles. The fourth-order valence-electron chi connectivity index (χ4n) is 2.36. The summed E-state index contributed by atoms with van der Waals surface area (Å²) in [7, 11) is 0. The van der Waals surface area contributed by atoms with E-state index in [1.54, 1.807) is 0 Å². The van der Waals surface area contributed by atoms with Gasteiger partial charge in [-0.2, -0.15) is 0 Å². The zero-order valence-corrected chi connectivity index (χ0v) is 10.8. The number of aryl methyl sites for hydroxylation is 1. The van der Waals surface area contributed by atoms with E-state index in [9.17, 15) is 0 Å². The number of nitrogens with two attached hydrogens (primary N) is 1. The van der Waals surface area contributed by atoms with Crippen molar-refractivity contribution >= 4 is 11.6 Å². The second-order valence-corrected chi connectivity index (χ2v) is 5.22. The van der Waals surface area contributed by atoms with Crippen molar-refractivity contribution in [1.29, 1.82) is 0 Å². The Kier molecular flexibility index (Phi) is 3.10. The van der Waals surface area contributed by atoms with Crippen LogP contribution in [-0.2, 0) is 19.3 Å². The standard InChI is InChI=1S/C14H15ClN2O/c15-10-3-1-2-9(6-10)7-14-17-12-8-11(16)4-5-13(12)18-14/h1-3,6,11H,4-5,7-8,16H2. The van der Waals surface area contributed by atoms with Gasteiger partial charge in [0.05, 0.1) is 5.69 Å². The Morgan fingerprint density at radius 1 is 1.44 bits per heavy atom. The molecule has 1 atom stereocenters. The van der Waals surface area contributed by atoms with Crippen molar-refractivity contribution in [3.8, 4) is 0 Å². The van der Waals surface area contributed by atoms with E-state index in [4.69, 9.17) is 21.8 Å². The molecule has 1 aromatic carbocycles. The number of rotatable bonds is 2. The smallest absolute Gasteiger partial charge is 0.199 e. The lowest BCUT2D eigenvalue weighted by Gasteiger charge is -2.14. The number of hydrogen-bond acceptors (Lipinski definition) is 3. The topological polar surface area (TPSA) is 52.0 Å². The maximum absolute atomic E-state index is 5.96. The first kappa shape index (κ1) is 11.8. The molecule has 1 aliphatic carbocycles. The van der Waals surface area contributed by atoms with Gasteiger partial charge < -0.3 is 10.2 Å². The van der Waals surface area contributed by atoms with Crippen molar-refractivity contribution in [2.45, 2.75) is 31.7 Å². The molecule has 1 aliphatic rings. The Morgan fingerprint density at radius 3 is 3.17 bits per heavy atom. The fourth-order valence-corrected chi connectivity index (χ4v) is 2.57. The molecule has 0 spiro atoms. The van der Waals surface area contributed by atoms with Crippen molar-refractivity contribution < 1.29 is 4.42 Å². The summed E-state index contributed by atoms with van der Waals surface area (Å²) in [4.78, 5) is 4.54. The van der Waals surface area contributed by atoms with Crippen LogP contribution in [0.25, 0.3) is 0 Å². The van der Waals surface area contributed by atoms with Crippen LogP contribution in [0.2, 0.25) is 5.02 Å². The lowest BCUT2D eigenvalue weighted by Crippen LogP contribution is -2.27. The molecule has 2 aromatic rings. The molecule has 2 N–H and O–H groups in total. The summed E-state index contributed by atoms with van der Waals surface area (Å²) in [5, 5.41) is 0.742. The SMILES string of the molecule is NC1CCc2oc(Cc3cccc(Cl)c3)nc2C1. The highest BCUT2D eigenvalue weighted by Gasteiger charge is 2.21. The number of hydrogen-bond donors (Lipinski definition) is 1. The van der Waals surface area contributed by atoms with E-state index in [1.807, 2.05) is 24.3 Å². The Morgan fingerprint density at radius 2 is 2.33 bits per heavy atom. The predicted octanol–water partition coefficient (Wildman–Crippen LogP) is 2.73. The van der Waals surface area contributed by atoms with Crippen LogP contribution in [-0.4, -0.2) is 11.0 Å². The van der Waals surface area contributed by atoms with Crippen molar-refractivity contribution in [3.05, 3.63) is 52.2 Å². The molecule has 0 radical (unpaired) electrons. The van der Waals surface area contributed by atoms with Gasteiger partial charge in [0, 0.05) is 30.3 Å². The quantitative estimate of drug-likeness (QED) is 0.905. The van der Waals surface area contributed by atoms with E-state index in [0.717, 1.165) is 47.2 Å².